The molecule has 0 saturated carbocycles. The quantitative estimate of drug-likeness (QED) is 0.248. The number of carbonyl (C=O) groups is 1. The molecule has 0 saturated heterocycles. The fourth-order valence-electron chi connectivity index (χ4n) is 4.56. The van der Waals surface area contributed by atoms with Gasteiger partial charge in [-0.1, -0.05) is 64.6 Å². The van der Waals surface area contributed by atoms with Crippen LogP contribution in [-0.2, 0) is 19.5 Å². The molecule has 5 rings (SSSR count). The number of aromatic nitrogens is 2. The molecule has 0 fully saturated rings. The topological polar surface area (TPSA) is 50.2 Å². The molecule has 0 atom stereocenters. The van der Waals surface area contributed by atoms with Gasteiger partial charge in [-0.25, -0.2) is 14.2 Å². The molecule has 1 aliphatic rings. The monoisotopic (exact) mass is 576 g/mol. The number of hydrogen-bond donors (Lipinski definition) is 1. The van der Waals surface area contributed by atoms with E-state index in [-0.39, 0.29) is 11.1 Å². The van der Waals surface area contributed by atoms with Gasteiger partial charge < -0.3 is 5.32 Å². The van der Waals surface area contributed by atoms with Crippen molar-refractivity contribution < 1.29 is 9.18 Å². The Balaban J connectivity index is 1.39. The summed E-state index contributed by atoms with van der Waals surface area (Å²) in [7, 11) is 0. The first kappa shape index (κ1) is 26.0. The molecule has 10 heteroatoms. The van der Waals surface area contributed by atoms with Gasteiger partial charge in [-0.2, -0.15) is 0 Å². The molecule has 1 N–H and O–H groups in total. The van der Waals surface area contributed by atoms with Gasteiger partial charge in [0.2, 0.25) is 0 Å². The van der Waals surface area contributed by atoms with Crippen LogP contribution < -0.4 is 5.32 Å². The van der Waals surface area contributed by atoms with Gasteiger partial charge in [-0.05, 0) is 53.1 Å². The van der Waals surface area contributed by atoms with E-state index in [1.807, 2.05) is 18.2 Å². The minimum absolute atomic E-state index is 0.0958. The van der Waals surface area contributed by atoms with Crippen molar-refractivity contribution in [1.29, 1.82) is 0 Å². The number of amides is 1. The van der Waals surface area contributed by atoms with Crippen LogP contribution in [0, 0.1) is 5.82 Å². The third-order valence-corrected chi connectivity index (χ3v) is 7.54. The van der Waals surface area contributed by atoms with Crippen LogP contribution in [0.2, 0.25) is 20.2 Å². The molecular formula is C27H21Cl4FN4O. The highest BCUT2D eigenvalue weighted by Gasteiger charge is 2.27. The summed E-state index contributed by atoms with van der Waals surface area (Å²) in [6.45, 7) is 2.38. The Morgan fingerprint density at radius 3 is 2.65 bits per heavy atom. The summed E-state index contributed by atoms with van der Waals surface area (Å²) in [5.74, 6) is -0.439. The van der Waals surface area contributed by atoms with Gasteiger partial charge in [0.05, 0.1) is 20.6 Å². The van der Waals surface area contributed by atoms with Crippen molar-refractivity contribution in [3.63, 3.8) is 0 Å². The SMILES string of the molecule is O=C(NCc1ccnc(Cl)c1)n1c2c(c3cc(Cl)c(Cl)cc31)CN(C/C=C/c1ccc(F)c(Cl)c1)CC2. The summed E-state index contributed by atoms with van der Waals surface area (Å²) in [6.07, 6.45) is 6.21. The lowest BCUT2D eigenvalue weighted by Gasteiger charge is -2.27. The number of pyridine rings is 1. The molecule has 0 unspecified atom stereocenters. The van der Waals surface area contributed by atoms with E-state index in [4.69, 9.17) is 46.4 Å². The van der Waals surface area contributed by atoms with E-state index in [1.165, 1.54) is 6.07 Å². The fourth-order valence-corrected chi connectivity index (χ4v) is 5.26. The molecule has 190 valence electrons. The van der Waals surface area contributed by atoms with Crippen LogP contribution >= 0.6 is 46.4 Å². The van der Waals surface area contributed by atoms with Crippen molar-refractivity contribution in [3.05, 3.63) is 103 Å². The zero-order chi connectivity index (χ0) is 26.1. The van der Waals surface area contributed by atoms with Gasteiger partial charge in [-0.15, -0.1) is 0 Å². The van der Waals surface area contributed by atoms with E-state index in [0.29, 0.717) is 46.8 Å². The maximum absolute atomic E-state index is 13.4. The first-order valence-electron chi connectivity index (χ1n) is 11.5. The normalized spacial score (nSPS) is 13.9. The number of hydrogen-bond acceptors (Lipinski definition) is 3. The lowest BCUT2D eigenvalue weighted by Crippen LogP contribution is -2.34. The van der Waals surface area contributed by atoms with E-state index in [0.717, 1.165) is 34.3 Å². The summed E-state index contributed by atoms with van der Waals surface area (Å²) in [4.78, 5) is 19.6. The molecule has 0 bridgehead atoms. The Hall–Kier alpha value is -2.61. The summed E-state index contributed by atoms with van der Waals surface area (Å²) in [5, 5.41) is 5.16. The van der Waals surface area contributed by atoms with Crippen LogP contribution in [-0.4, -0.2) is 33.6 Å². The van der Waals surface area contributed by atoms with Crippen molar-refractivity contribution >= 4 is 69.4 Å². The predicted octanol–water partition coefficient (Wildman–Crippen LogP) is 7.62. The van der Waals surface area contributed by atoms with E-state index in [2.05, 4.69) is 15.2 Å². The van der Waals surface area contributed by atoms with E-state index < -0.39 is 5.82 Å². The maximum Gasteiger partial charge on any atom is 0.326 e. The number of nitrogens with one attached hydrogen (secondary N) is 1. The Kier molecular flexibility index (Phi) is 7.75. The highest BCUT2D eigenvalue weighted by atomic mass is 35.5. The average molecular weight is 578 g/mol. The van der Waals surface area contributed by atoms with Crippen LogP contribution in [0.4, 0.5) is 9.18 Å². The van der Waals surface area contributed by atoms with Crippen molar-refractivity contribution in [2.24, 2.45) is 0 Å². The van der Waals surface area contributed by atoms with Gasteiger partial charge >= 0.3 is 6.03 Å². The zero-order valence-corrected chi connectivity index (χ0v) is 22.5. The molecule has 2 aromatic heterocycles. The van der Waals surface area contributed by atoms with Crippen LogP contribution in [0.1, 0.15) is 22.4 Å². The number of halogens is 5. The van der Waals surface area contributed by atoms with Crippen molar-refractivity contribution in [2.75, 3.05) is 13.1 Å². The fraction of sp³-hybridized carbons (Fsp3) is 0.185. The zero-order valence-electron chi connectivity index (χ0n) is 19.4. The summed E-state index contributed by atoms with van der Waals surface area (Å²) < 4.78 is 15.1. The van der Waals surface area contributed by atoms with Gasteiger partial charge in [0.25, 0.3) is 0 Å². The van der Waals surface area contributed by atoms with Crippen molar-refractivity contribution in [1.82, 2.24) is 19.8 Å². The molecule has 4 aromatic rings. The largest absolute Gasteiger partial charge is 0.333 e. The van der Waals surface area contributed by atoms with Crippen LogP contribution in [0.5, 0.6) is 0 Å². The number of carbonyl (C=O) groups excluding carboxylic acids is 1. The third-order valence-electron chi connectivity index (χ3n) is 6.32. The Labute approximate surface area is 233 Å². The molecule has 1 aliphatic heterocycles. The number of rotatable bonds is 5. The summed E-state index contributed by atoms with van der Waals surface area (Å²) in [5.41, 5.74) is 4.36. The van der Waals surface area contributed by atoms with Gasteiger partial charge in [0.15, 0.2) is 0 Å². The second kappa shape index (κ2) is 11.0. The predicted molar refractivity (Wildman–Crippen MR) is 148 cm³/mol. The average Bonchev–Trinajstić information content (AvgIpc) is 3.17. The van der Waals surface area contributed by atoms with E-state index >= 15 is 0 Å². The molecule has 0 aliphatic carbocycles. The number of nitrogens with zero attached hydrogens (tertiary/aromatic N) is 3. The first-order valence-corrected chi connectivity index (χ1v) is 13.0. The molecule has 5 nitrogen and oxygen atoms in total. The molecule has 1 amide bonds. The van der Waals surface area contributed by atoms with Crippen LogP contribution in [0.25, 0.3) is 17.0 Å². The van der Waals surface area contributed by atoms with Crippen LogP contribution in [0.15, 0.2) is 54.7 Å². The Morgan fingerprint density at radius 1 is 1.05 bits per heavy atom. The Morgan fingerprint density at radius 2 is 1.86 bits per heavy atom. The molecular weight excluding hydrogens is 557 g/mol. The molecule has 0 spiro atoms. The number of fused-ring (bicyclic) bond motifs is 3. The lowest BCUT2D eigenvalue weighted by molar-refractivity contribution is 0.240. The van der Waals surface area contributed by atoms with Gasteiger partial charge in [0, 0.05) is 49.9 Å². The second-order valence-corrected chi connectivity index (χ2v) is 10.4. The third kappa shape index (κ3) is 5.64. The first-order chi connectivity index (χ1) is 17.8. The van der Waals surface area contributed by atoms with Gasteiger partial charge in [0.1, 0.15) is 11.0 Å². The van der Waals surface area contributed by atoms with E-state index in [9.17, 15) is 9.18 Å². The van der Waals surface area contributed by atoms with Crippen molar-refractivity contribution in [3.8, 4) is 0 Å². The second-order valence-electron chi connectivity index (χ2n) is 8.75. The number of benzene rings is 2. The summed E-state index contributed by atoms with van der Waals surface area (Å²) in [6, 6.07) is 11.5. The van der Waals surface area contributed by atoms with E-state index in [1.54, 1.807) is 41.1 Å². The maximum atomic E-state index is 13.4. The van der Waals surface area contributed by atoms with Crippen LogP contribution in [0.3, 0.4) is 0 Å². The minimum Gasteiger partial charge on any atom is -0.333 e. The molecule has 37 heavy (non-hydrogen) atoms. The Bertz CT molecular complexity index is 1530. The highest BCUT2D eigenvalue weighted by Crippen LogP contribution is 2.36. The molecule has 2 aromatic carbocycles. The molecule has 0 radical (unpaired) electrons. The van der Waals surface area contributed by atoms with Crippen molar-refractivity contribution in [2.45, 2.75) is 19.5 Å². The van der Waals surface area contributed by atoms with Gasteiger partial charge in [-0.3, -0.25) is 9.47 Å². The standard InChI is InChI=1S/C27H21Cl4FN4O/c28-20-12-18-19-15-35(8-1-2-16-3-4-23(32)22(30)10-16)9-6-24(19)36(25(18)13-21(20)29)27(37)34-14-17-5-7-33-26(31)11-17/h1-5,7,10-13H,6,8-9,14-15H2,(H,34,37)/b2-1+. The highest BCUT2D eigenvalue weighted by molar-refractivity contribution is 6.42. The lowest BCUT2D eigenvalue weighted by atomic mass is 10.0. The molecule has 3 heterocycles. The summed E-state index contributed by atoms with van der Waals surface area (Å²) >= 11 is 24.6. The minimum atomic E-state index is -0.439. The smallest absolute Gasteiger partial charge is 0.326 e.